The molecule has 0 fully saturated rings. The number of hydrogen-bond donors (Lipinski definition) is 1. The molecule has 31 heavy (non-hydrogen) atoms. The molecule has 4 aromatic rings. The fourth-order valence-corrected chi connectivity index (χ4v) is 5.12. The highest BCUT2D eigenvalue weighted by atomic mass is 32.2. The maximum absolute atomic E-state index is 13.0. The zero-order valence-electron chi connectivity index (χ0n) is 17.0. The Morgan fingerprint density at radius 3 is 2.32 bits per heavy atom. The number of aryl methyl sites for hydroxylation is 1. The quantitative estimate of drug-likeness (QED) is 0.329. The van der Waals surface area contributed by atoms with Crippen LogP contribution in [-0.2, 0) is 28.6 Å². The zero-order chi connectivity index (χ0) is 21.5. The molecule has 0 spiro atoms. The van der Waals surface area contributed by atoms with E-state index >= 15 is 0 Å². The number of hydrogen-bond acceptors (Lipinski definition) is 3. The molecule has 0 bridgehead atoms. The Bertz CT molecular complexity index is 1150. The number of carbonyl (C=O) groups is 1. The molecule has 1 aromatic heterocycles. The van der Waals surface area contributed by atoms with E-state index in [4.69, 9.17) is 0 Å². The van der Waals surface area contributed by atoms with Gasteiger partial charge in [0.2, 0.25) is 0 Å². The van der Waals surface area contributed by atoms with Crippen molar-refractivity contribution in [2.75, 3.05) is 4.72 Å². The van der Waals surface area contributed by atoms with E-state index in [1.54, 1.807) is 11.3 Å². The van der Waals surface area contributed by atoms with Gasteiger partial charge in [0.1, 0.15) is 5.78 Å². The summed E-state index contributed by atoms with van der Waals surface area (Å²) in [5, 5.41) is 4.12. The molecule has 1 heterocycles. The summed E-state index contributed by atoms with van der Waals surface area (Å²) < 4.78 is 16.1. The first-order chi connectivity index (χ1) is 15.2. The SMILES string of the molecule is O=C(CCc1ccsc1)Cc1ccc(NS(=O)c2ccccc2-c2ccccc2)cc1. The summed E-state index contributed by atoms with van der Waals surface area (Å²) in [6.07, 6.45) is 1.77. The van der Waals surface area contributed by atoms with Crippen molar-refractivity contribution < 1.29 is 9.00 Å². The van der Waals surface area contributed by atoms with Crippen LogP contribution in [0.4, 0.5) is 5.69 Å². The third-order valence-electron chi connectivity index (χ3n) is 5.01. The van der Waals surface area contributed by atoms with E-state index in [1.807, 2.05) is 84.2 Å². The molecule has 1 unspecified atom stereocenters. The van der Waals surface area contributed by atoms with Crippen molar-refractivity contribution in [1.82, 2.24) is 0 Å². The van der Waals surface area contributed by atoms with Gasteiger partial charge in [0, 0.05) is 18.5 Å². The summed E-state index contributed by atoms with van der Waals surface area (Å²) in [6.45, 7) is 0. The largest absolute Gasteiger partial charge is 0.301 e. The molecular weight excluding hydrogens is 422 g/mol. The molecule has 4 rings (SSSR count). The lowest BCUT2D eigenvalue weighted by Gasteiger charge is -2.11. The Kier molecular flexibility index (Phi) is 7.07. The molecule has 5 heteroatoms. The molecule has 3 nitrogen and oxygen atoms in total. The first-order valence-electron chi connectivity index (χ1n) is 10.1. The van der Waals surface area contributed by atoms with Gasteiger partial charge in [0.25, 0.3) is 0 Å². The number of rotatable bonds is 9. The van der Waals surface area contributed by atoms with Gasteiger partial charge in [0.15, 0.2) is 11.0 Å². The first-order valence-corrected chi connectivity index (χ1v) is 12.2. The fraction of sp³-hybridized carbons (Fsp3) is 0.115. The van der Waals surface area contributed by atoms with Crippen LogP contribution in [0.15, 0.2) is 101 Å². The smallest absolute Gasteiger partial charge is 0.150 e. The molecule has 0 radical (unpaired) electrons. The summed E-state index contributed by atoms with van der Waals surface area (Å²) in [5.74, 6) is 0.229. The minimum atomic E-state index is -1.40. The minimum Gasteiger partial charge on any atom is -0.301 e. The molecular formula is C26H23NO2S2. The third-order valence-corrected chi connectivity index (χ3v) is 6.92. The predicted octanol–water partition coefficient (Wildman–Crippen LogP) is 6.29. The monoisotopic (exact) mass is 445 g/mol. The van der Waals surface area contributed by atoms with Crippen molar-refractivity contribution in [2.45, 2.75) is 24.2 Å². The normalized spacial score (nSPS) is 11.7. The highest BCUT2D eigenvalue weighted by Crippen LogP contribution is 2.26. The van der Waals surface area contributed by atoms with E-state index in [9.17, 15) is 9.00 Å². The number of carbonyl (C=O) groups excluding carboxylic acids is 1. The average Bonchev–Trinajstić information content (AvgIpc) is 3.33. The third kappa shape index (κ3) is 5.78. The van der Waals surface area contributed by atoms with Gasteiger partial charge in [-0.25, -0.2) is 4.21 Å². The average molecular weight is 446 g/mol. The molecule has 1 atom stereocenters. The van der Waals surface area contributed by atoms with Gasteiger partial charge in [0.05, 0.1) is 4.90 Å². The highest BCUT2D eigenvalue weighted by Gasteiger charge is 2.11. The van der Waals surface area contributed by atoms with Gasteiger partial charge < -0.3 is 4.72 Å². The Balaban J connectivity index is 1.38. The number of ketones is 1. The Morgan fingerprint density at radius 2 is 1.58 bits per heavy atom. The highest BCUT2D eigenvalue weighted by molar-refractivity contribution is 7.86. The van der Waals surface area contributed by atoms with Crippen molar-refractivity contribution >= 4 is 33.8 Å². The molecule has 0 aliphatic carbocycles. The summed E-state index contributed by atoms with van der Waals surface area (Å²) >= 11 is 1.66. The number of benzene rings is 3. The molecule has 0 aliphatic rings. The van der Waals surface area contributed by atoms with Gasteiger partial charge in [-0.15, -0.1) is 0 Å². The lowest BCUT2D eigenvalue weighted by Crippen LogP contribution is -2.07. The van der Waals surface area contributed by atoms with Gasteiger partial charge >= 0.3 is 0 Å². The number of nitrogens with one attached hydrogen (secondary N) is 1. The lowest BCUT2D eigenvalue weighted by molar-refractivity contribution is -0.118. The van der Waals surface area contributed by atoms with Crippen molar-refractivity contribution in [3.63, 3.8) is 0 Å². The van der Waals surface area contributed by atoms with E-state index in [2.05, 4.69) is 16.2 Å². The van der Waals surface area contributed by atoms with E-state index in [0.29, 0.717) is 12.8 Å². The molecule has 0 amide bonds. The summed E-state index contributed by atoms with van der Waals surface area (Å²) in [7, 11) is -1.40. The summed E-state index contributed by atoms with van der Waals surface area (Å²) in [5.41, 5.74) is 4.93. The van der Waals surface area contributed by atoms with Crippen LogP contribution in [0.2, 0.25) is 0 Å². The van der Waals surface area contributed by atoms with Gasteiger partial charge in [-0.1, -0.05) is 60.7 Å². The lowest BCUT2D eigenvalue weighted by atomic mass is 10.0. The van der Waals surface area contributed by atoms with Crippen LogP contribution in [0.1, 0.15) is 17.5 Å². The Morgan fingerprint density at radius 1 is 0.839 bits per heavy atom. The van der Waals surface area contributed by atoms with E-state index in [-0.39, 0.29) is 5.78 Å². The Hall–Kier alpha value is -3.02. The van der Waals surface area contributed by atoms with Gasteiger partial charge in [-0.05, 0) is 63.7 Å². The maximum atomic E-state index is 13.0. The second kappa shape index (κ2) is 10.3. The van der Waals surface area contributed by atoms with Crippen molar-refractivity contribution in [1.29, 1.82) is 0 Å². The zero-order valence-corrected chi connectivity index (χ0v) is 18.6. The van der Waals surface area contributed by atoms with Gasteiger partial charge in [-0.2, -0.15) is 11.3 Å². The summed E-state index contributed by atoms with van der Waals surface area (Å²) in [4.78, 5) is 13.0. The van der Waals surface area contributed by atoms with E-state index in [0.717, 1.165) is 33.7 Å². The Labute approximate surface area is 189 Å². The first kappa shape index (κ1) is 21.2. The second-order valence-corrected chi connectivity index (χ2v) is 9.24. The predicted molar refractivity (Wildman–Crippen MR) is 130 cm³/mol. The fourth-order valence-electron chi connectivity index (χ4n) is 3.37. The van der Waals surface area contributed by atoms with Crippen LogP contribution < -0.4 is 4.72 Å². The van der Waals surface area contributed by atoms with Crippen LogP contribution in [-0.4, -0.2) is 9.99 Å². The summed E-state index contributed by atoms with van der Waals surface area (Å²) in [6, 6.07) is 27.3. The number of Topliss-reactive ketones (excluding diaryl/α,β-unsaturated/α-hetero) is 1. The van der Waals surface area contributed by atoms with Crippen LogP contribution in [0.25, 0.3) is 11.1 Å². The topological polar surface area (TPSA) is 46.2 Å². The van der Waals surface area contributed by atoms with Crippen LogP contribution >= 0.6 is 11.3 Å². The molecule has 0 saturated heterocycles. The molecule has 1 N–H and O–H groups in total. The van der Waals surface area contributed by atoms with Crippen molar-refractivity contribution in [2.24, 2.45) is 0 Å². The minimum absolute atomic E-state index is 0.229. The van der Waals surface area contributed by atoms with Crippen LogP contribution in [0.5, 0.6) is 0 Å². The number of anilines is 1. The molecule has 0 saturated carbocycles. The molecule has 156 valence electrons. The van der Waals surface area contributed by atoms with Crippen LogP contribution in [0, 0.1) is 0 Å². The van der Waals surface area contributed by atoms with Crippen LogP contribution in [0.3, 0.4) is 0 Å². The van der Waals surface area contributed by atoms with E-state index < -0.39 is 11.0 Å². The number of thiophene rings is 1. The van der Waals surface area contributed by atoms with Crippen molar-refractivity contribution in [3.8, 4) is 11.1 Å². The van der Waals surface area contributed by atoms with E-state index in [1.165, 1.54) is 5.56 Å². The van der Waals surface area contributed by atoms with Crippen molar-refractivity contribution in [3.05, 3.63) is 107 Å². The maximum Gasteiger partial charge on any atom is 0.150 e. The second-order valence-electron chi connectivity index (χ2n) is 7.28. The molecule has 0 aliphatic heterocycles. The standard InChI is InChI=1S/C26H23NO2S2/c28-24(15-12-21-16-17-30-19-21)18-20-10-13-23(14-11-20)27-31(29)26-9-5-4-8-25(26)22-6-2-1-3-7-22/h1-11,13-14,16-17,19,27H,12,15,18H2. The molecule has 3 aromatic carbocycles. The van der Waals surface area contributed by atoms with Gasteiger partial charge in [-0.3, -0.25) is 4.79 Å².